The maximum atomic E-state index is 11.7. The Morgan fingerprint density at radius 3 is 2.54 bits per heavy atom. The summed E-state index contributed by atoms with van der Waals surface area (Å²) in [5.41, 5.74) is 1.97. The molecule has 0 aliphatic rings. The molecule has 0 heterocycles. The van der Waals surface area contributed by atoms with Gasteiger partial charge in [0.25, 0.3) is 5.91 Å². The lowest BCUT2D eigenvalue weighted by atomic mass is 10.2. The molecule has 2 aromatic carbocycles. The molecular formula is C18H17N3O3. The summed E-state index contributed by atoms with van der Waals surface area (Å²) in [5, 5.41) is 15.1. The minimum atomic E-state index is -0.330. The van der Waals surface area contributed by atoms with Crippen LogP contribution >= 0.6 is 0 Å². The predicted octanol–water partition coefficient (Wildman–Crippen LogP) is 2.95. The van der Waals surface area contributed by atoms with E-state index < -0.39 is 0 Å². The van der Waals surface area contributed by atoms with E-state index in [-0.39, 0.29) is 12.5 Å². The van der Waals surface area contributed by atoms with Crippen LogP contribution in [0.1, 0.15) is 18.1 Å². The van der Waals surface area contributed by atoms with Crippen molar-refractivity contribution in [3.8, 4) is 11.8 Å². The minimum Gasteiger partial charge on any atom is -0.494 e. The number of rotatable bonds is 7. The Hall–Kier alpha value is -3.33. The van der Waals surface area contributed by atoms with Crippen LogP contribution in [0.15, 0.2) is 53.7 Å². The number of oxime groups is 1. The first-order valence-electron chi connectivity index (χ1n) is 7.39. The molecule has 2 aromatic rings. The van der Waals surface area contributed by atoms with Gasteiger partial charge in [-0.1, -0.05) is 5.16 Å². The average Bonchev–Trinajstić information content (AvgIpc) is 2.61. The second-order valence-corrected chi connectivity index (χ2v) is 4.75. The molecule has 1 N–H and O–H groups in total. The van der Waals surface area contributed by atoms with Crippen molar-refractivity contribution in [1.82, 2.24) is 0 Å². The predicted molar refractivity (Wildman–Crippen MR) is 90.9 cm³/mol. The van der Waals surface area contributed by atoms with Crippen LogP contribution in [0.25, 0.3) is 0 Å². The van der Waals surface area contributed by atoms with Gasteiger partial charge in [-0.3, -0.25) is 4.79 Å². The molecule has 2 rings (SSSR count). The van der Waals surface area contributed by atoms with E-state index in [0.717, 1.165) is 11.3 Å². The molecule has 0 unspecified atom stereocenters. The highest BCUT2D eigenvalue weighted by atomic mass is 16.6. The zero-order valence-electron chi connectivity index (χ0n) is 13.2. The lowest BCUT2D eigenvalue weighted by Gasteiger charge is -2.04. The molecule has 0 aliphatic carbocycles. The zero-order chi connectivity index (χ0) is 17.2. The van der Waals surface area contributed by atoms with Crippen molar-refractivity contribution in [3.63, 3.8) is 0 Å². The van der Waals surface area contributed by atoms with Crippen LogP contribution in [-0.2, 0) is 9.63 Å². The van der Waals surface area contributed by atoms with Gasteiger partial charge in [0.1, 0.15) is 5.75 Å². The van der Waals surface area contributed by atoms with Crippen molar-refractivity contribution in [2.45, 2.75) is 6.92 Å². The fourth-order valence-electron chi connectivity index (χ4n) is 1.84. The number of hydrogen-bond acceptors (Lipinski definition) is 5. The van der Waals surface area contributed by atoms with Gasteiger partial charge in [-0.05, 0) is 61.0 Å². The summed E-state index contributed by atoms with van der Waals surface area (Å²) in [5.74, 6) is 0.459. The monoisotopic (exact) mass is 323 g/mol. The van der Waals surface area contributed by atoms with Gasteiger partial charge in [-0.15, -0.1) is 0 Å². The molecule has 122 valence electrons. The van der Waals surface area contributed by atoms with Crippen LogP contribution in [0.2, 0.25) is 0 Å². The average molecular weight is 323 g/mol. The summed E-state index contributed by atoms with van der Waals surface area (Å²) in [6, 6.07) is 15.9. The fourth-order valence-corrected chi connectivity index (χ4v) is 1.84. The number of hydrogen-bond donors (Lipinski definition) is 1. The molecule has 0 radical (unpaired) electrons. The molecule has 0 saturated heterocycles. The van der Waals surface area contributed by atoms with Gasteiger partial charge in [-0.25, -0.2) is 0 Å². The number of nitriles is 1. The van der Waals surface area contributed by atoms with E-state index in [2.05, 4.69) is 10.5 Å². The van der Waals surface area contributed by atoms with E-state index in [4.69, 9.17) is 14.8 Å². The van der Waals surface area contributed by atoms with E-state index in [1.54, 1.807) is 24.3 Å². The molecule has 0 aliphatic heterocycles. The summed E-state index contributed by atoms with van der Waals surface area (Å²) in [6.45, 7) is 2.34. The summed E-state index contributed by atoms with van der Waals surface area (Å²) in [6.07, 6.45) is 1.52. The van der Waals surface area contributed by atoms with Crippen LogP contribution in [0, 0.1) is 11.3 Å². The molecule has 0 saturated carbocycles. The van der Waals surface area contributed by atoms with Gasteiger partial charge in [0.2, 0.25) is 0 Å². The number of ether oxygens (including phenoxy) is 1. The van der Waals surface area contributed by atoms with Gasteiger partial charge in [-0.2, -0.15) is 5.26 Å². The van der Waals surface area contributed by atoms with Crippen LogP contribution < -0.4 is 10.1 Å². The molecule has 6 nitrogen and oxygen atoms in total. The minimum absolute atomic E-state index is 0.201. The van der Waals surface area contributed by atoms with E-state index in [1.807, 2.05) is 37.3 Å². The van der Waals surface area contributed by atoms with Gasteiger partial charge >= 0.3 is 0 Å². The number of carbonyl (C=O) groups excluding carboxylic acids is 1. The number of nitrogens with zero attached hydrogens (tertiary/aromatic N) is 2. The smallest absolute Gasteiger partial charge is 0.265 e. The molecule has 0 aromatic heterocycles. The van der Waals surface area contributed by atoms with Crippen LogP contribution in [0.5, 0.6) is 5.75 Å². The summed E-state index contributed by atoms with van der Waals surface area (Å²) < 4.78 is 5.34. The number of nitrogens with one attached hydrogen (secondary N) is 1. The third kappa shape index (κ3) is 5.46. The standard InChI is InChI=1S/C18H17N3O3/c1-2-23-17-9-5-15(6-10-17)12-20-24-13-18(22)21-16-7-3-14(11-19)4-8-16/h3-10,12H,2,13H2,1H3,(H,21,22)/b20-12-. The fraction of sp³-hybridized carbons (Fsp3) is 0.167. The second kappa shape index (κ2) is 8.96. The van der Waals surface area contributed by atoms with Crippen molar-refractivity contribution < 1.29 is 14.4 Å². The number of amides is 1. The second-order valence-electron chi connectivity index (χ2n) is 4.75. The lowest BCUT2D eigenvalue weighted by Crippen LogP contribution is -2.16. The highest BCUT2D eigenvalue weighted by Crippen LogP contribution is 2.11. The van der Waals surface area contributed by atoms with Crippen molar-refractivity contribution in [2.24, 2.45) is 5.16 Å². The van der Waals surface area contributed by atoms with Gasteiger partial charge in [0, 0.05) is 5.69 Å². The van der Waals surface area contributed by atoms with Crippen molar-refractivity contribution >= 4 is 17.8 Å². The Labute approximate surface area is 140 Å². The summed E-state index contributed by atoms with van der Waals surface area (Å²) in [4.78, 5) is 16.7. The molecule has 1 amide bonds. The van der Waals surface area contributed by atoms with Crippen LogP contribution in [-0.4, -0.2) is 25.3 Å². The molecule has 24 heavy (non-hydrogen) atoms. The largest absolute Gasteiger partial charge is 0.494 e. The molecular weight excluding hydrogens is 306 g/mol. The number of carbonyl (C=O) groups is 1. The topological polar surface area (TPSA) is 83.7 Å². The molecule has 6 heteroatoms. The molecule has 0 atom stereocenters. The van der Waals surface area contributed by atoms with E-state index in [1.165, 1.54) is 6.21 Å². The Balaban J connectivity index is 1.76. The van der Waals surface area contributed by atoms with E-state index >= 15 is 0 Å². The van der Waals surface area contributed by atoms with Gasteiger partial charge in [0.05, 0.1) is 24.5 Å². The highest BCUT2D eigenvalue weighted by Gasteiger charge is 2.02. The van der Waals surface area contributed by atoms with Crippen molar-refractivity contribution in [1.29, 1.82) is 5.26 Å². The lowest BCUT2D eigenvalue weighted by molar-refractivity contribution is -0.120. The highest BCUT2D eigenvalue weighted by molar-refractivity contribution is 5.91. The van der Waals surface area contributed by atoms with Crippen LogP contribution in [0.4, 0.5) is 5.69 Å². The van der Waals surface area contributed by atoms with E-state index in [9.17, 15) is 4.79 Å². The SMILES string of the molecule is CCOc1ccc(/C=N\OCC(=O)Nc2ccc(C#N)cc2)cc1. The van der Waals surface area contributed by atoms with E-state index in [0.29, 0.717) is 17.9 Å². The third-order valence-electron chi connectivity index (χ3n) is 2.96. The number of benzene rings is 2. The zero-order valence-corrected chi connectivity index (χ0v) is 13.2. The van der Waals surface area contributed by atoms with Crippen molar-refractivity contribution in [2.75, 3.05) is 18.5 Å². The molecule has 0 bridgehead atoms. The summed E-state index contributed by atoms with van der Waals surface area (Å²) in [7, 11) is 0. The van der Waals surface area contributed by atoms with Gasteiger partial charge < -0.3 is 14.9 Å². The van der Waals surface area contributed by atoms with Crippen LogP contribution in [0.3, 0.4) is 0 Å². The summed E-state index contributed by atoms with van der Waals surface area (Å²) >= 11 is 0. The maximum absolute atomic E-state index is 11.7. The number of anilines is 1. The first-order valence-corrected chi connectivity index (χ1v) is 7.39. The third-order valence-corrected chi connectivity index (χ3v) is 2.96. The normalized spacial score (nSPS) is 10.2. The molecule has 0 spiro atoms. The Bertz CT molecular complexity index is 732. The maximum Gasteiger partial charge on any atom is 0.265 e. The quantitative estimate of drug-likeness (QED) is 0.627. The Morgan fingerprint density at radius 1 is 1.21 bits per heavy atom. The Morgan fingerprint density at radius 2 is 1.92 bits per heavy atom. The molecule has 0 fully saturated rings. The van der Waals surface area contributed by atoms with Gasteiger partial charge in [0.15, 0.2) is 6.61 Å². The first-order chi connectivity index (χ1) is 11.7. The van der Waals surface area contributed by atoms with Crippen molar-refractivity contribution in [3.05, 3.63) is 59.7 Å². The Kier molecular flexibility index (Phi) is 6.35. The first kappa shape index (κ1) is 17.0.